The first kappa shape index (κ1) is 9.88. The van der Waals surface area contributed by atoms with Gasteiger partial charge < -0.3 is 4.74 Å². The lowest BCUT2D eigenvalue weighted by molar-refractivity contribution is 0.445. The van der Waals surface area contributed by atoms with Gasteiger partial charge in [-0.15, -0.1) is 11.3 Å². The molecular weight excluding hydrogens is 204 g/mol. The van der Waals surface area contributed by atoms with Gasteiger partial charge in [0, 0.05) is 0 Å². The summed E-state index contributed by atoms with van der Waals surface area (Å²) in [6.45, 7) is 2.55. The molecule has 0 N–H and O–H groups in total. The fraction of sp³-hybridized carbons (Fsp3) is 0.231. The summed E-state index contributed by atoms with van der Waals surface area (Å²) in [6.07, 6.45) is 0.160. The summed E-state index contributed by atoms with van der Waals surface area (Å²) in [5.74, 6) is 17.2. The standard InChI is InChI=1S/C13H8OS/c1-2-3-4-5-12-8-9-13(15-12)7-6-11-10-14-11/h8-9,11H,10H2,1H3/t11-/m1/s1. The maximum atomic E-state index is 5.00. The average Bonchev–Trinajstić information content (AvgIpc) is 2.97. The van der Waals surface area contributed by atoms with Crippen molar-refractivity contribution in [1.29, 1.82) is 0 Å². The van der Waals surface area contributed by atoms with Gasteiger partial charge >= 0.3 is 0 Å². The molecule has 72 valence electrons. The number of ether oxygens (including phenoxy) is 1. The van der Waals surface area contributed by atoms with Crippen LogP contribution in [0, 0.1) is 35.5 Å². The third-order valence-electron chi connectivity index (χ3n) is 1.67. The third kappa shape index (κ3) is 3.19. The first-order chi connectivity index (χ1) is 7.38. The van der Waals surface area contributed by atoms with E-state index in [1.54, 1.807) is 18.3 Å². The Morgan fingerprint density at radius 2 is 2.00 bits per heavy atom. The fourth-order valence-electron chi connectivity index (χ4n) is 0.911. The molecule has 2 heterocycles. The van der Waals surface area contributed by atoms with Crippen molar-refractivity contribution in [3.8, 4) is 35.5 Å². The summed E-state index contributed by atoms with van der Waals surface area (Å²) in [4.78, 5) is 2.03. The van der Waals surface area contributed by atoms with Crippen LogP contribution in [0.15, 0.2) is 12.1 Å². The van der Waals surface area contributed by atoms with Crippen molar-refractivity contribution in [2.45, 2.75) is 13.0 Å². The minimum absolute atomic E-state index is 0.160. The summed E-state index contributed by atoms with van der Waals surface area (Å²) in [7, 11) is 0. The smallest absolute Gasteiger partial charge is 0.142 e. The molecular formula is C13H8OS. The molecule has 1 aromatic heterocycles. The highest BCUT2D eigenvalue weighted by molar-refractivity contribution is 7.13. The fourth-order valence-corrected chi connectivity index (χ4v) is 1.63. The molecule has 1 aromatic rings. The Kier molecular flexibility index (Phi) is 3.11. The molecule has 1 atom stereocenters. The topological polar surface area (TPSA) is 12.5 Å². The van der Waals surface area contributed by atoms with E-state index >= 15 is 0 Å². The van der Waals surface area contributed by atoms with Crippen molar-refractivity contribution >= 4 is 11.3 Å². The van der Waals surface area contributed by atoms with E-state index in [0.717, 1.165) is 16.4 Å². The summed E-state index contributed by atoms with van der Waals surface area (Å²) < 4.78 is 5.00. The van der Waals surface area contributed by atoms with Crippen LogP contribution in [0.1, 0.15) is 16.7 Å². The monoisotopic (exact) mass is 212 g/mol. The largest absolute Gasteiger partial charge is 0.359 e. The van der Waals surface area contributed by atoms with Gasteiger partial charge in [-0.3, -0.25) is 0 Å². The zero-order valence-electron chi connectivity index (χ0n) is 8.26. The summed E-state index contributed by atoms with van der Waals surface area (Å²) in [5.41, 5.74) is 0. The van der Waals surface area contributed by atoms with Gasteiger partial charge in [0.15, 0.2) is 0 Å². The van der Waals surface area contributed by atoms with Gasteiger partial charge in [0.2, 0.25) is 0 Å². The van der Waals surface area contributed by atoms with E-state index in [0.29, 0.717) is 0 Å². The van der Waals surface area contributed by atoms with Gasteiger partial charge in [0.25, 0.3) is 0 Å². The van der Waals surface area contributed by atoms with Gasteiger partial charge in [-0.2, -0.15) is 0 Å². The Hall–Kier alpha value is -1.66. The van der Waals surface area contributed by atoms with E-state index in [4.69, 9.17) is 4.74 Å². The van der Waals surface area contributed by atoms with Crippen molar-refractivity contribution in [2.75, 3.05) is 6.61 Å². The molecule has 0 saturated carbocycles. The van der Waals surface area contributed by atoms with E-state index in [-0.39, 0.29) is 6.10 Å². The van der Waals surface area contributed by atoms with E-state index in [2.05, 4.69) is 35.5 Å². The lowest BCUT2D eigenvalue weighted by Crippen LogP contribution is -1.73. The quantitative estimate of drug-likeness (QED) is 0.472. The highest BCUT2D eigenvalue weighted by Gasteiger charge is 2.18. The summed E-state index contributed by atoms with van der Waals surface area (Å²) in [6, 6.07) is 3.94. The van der Waals surface area contributed by atoms with E-state index < -0.39 is 0 Å². The first-order valence-electron chi connectivity index (χ1n) is 4.54. The second kappa shape index (κ2) is 4.72. The molecule has 0 aliphatic carbocycles. The van der Waals surface area contributed by atoms with Crippen molar-refractivity contribution in [2.24, 2.45) is 0 Å². The van der Waals surface area contributed by atoms with Crippen molar-refractivity contribution < 1.29 is 4.74 Å². The van der Waals surface area contributed by atoms with Crippen LogP contribution in [0.3, 0.4) is 0 Å². The van der Waals surface area contributed by atoms with Crippen LogP contribution in [-0.2, 0) is 4.74 Å². The lowest BCUT2D eigenvalue weighted by Gasteiger charge is -1.75. The molecule has 1 aliphatic rings. The predicted molar refractivity (Wildman–Crippen MR) is 61.3 cm³/mol. The van der Waals surface area contributed by atoms with Crippen LogP contribution in [0.5, 0.6) is 0 Å². The van der Waals surface area contributed by atoms with Crippen LogP contribution < -0.4 is 0 Å². The SMILES string of the molecule is CC#CC#Cc1ccc(C#C[C@@H]2CO2)s1. The second-order valence-corrected chi connectivity index (χ2v) is 3.96. The molecule has 0 radical (unpaired) electrons. The Morgan fingerprint density at radius 1 is 1.27 bits per heavy atom. The minimum atomic E-state index is 0.160. The molecule has 0 unspecified atom stereocenters. The molecule has 0 bridgehead atoms. The molecule has 1 saturated heterocycles. The molecule has 1 fully saturated rings. The Bertz CT molecular complexity index is 530. The first-order valence-corrected chi connectivity index (χ1v) is 5.36. The van der Waals surface area contributed by atoms with Gasteiger partial charge in [0.05, 0.1) is 16.4 Å². The summed E-state index contributed by atoms with van der Waals surface area (Å²) in [5, 5.41) is 0. The van der Waals surface area contributed by atoms with Crippen LogP contribution in [0.25, 0.3) is 0 Å². The van der Waals surface area contributed by atoms with Crippen molar-refractivity contribution in [3.63, 3.8) is 0 Å². The van der Waals surface area contributed by atoms with Crippen LogP contribution in [0.2, 0.25) is 0 Å². The molecule has 0 aromatic carbocycles. The highest BCUT2D eigenvalue weighted by Crippen LogP contribution is 2.14. The number of rotatable bonds is 0. The molecule has 1 aliphatic heterocycles. The van der Waals surface area contributed by atoms with Gasteiger partial charge in [-0.1, -0.05) is 17.8 Å². The van der Waals surface area contributed by atoms with E-state index in [9.17, 15) is 0 Å². The Balaban J connectivity index is 2.07. The van der Waals surface area contributed by atoms with Gasteiger partial charge in [0.1, 0.15) is 6.10 Å². The van der Waals surface area contributed by atoms with Crippen LogP contribution >= 0.6 is 11.3 Å². The van der Waals surface area contributed by atoms with Crippen LogP contribution in [0.4, 0.5) is 0 Å². The zero-order chi connectivity index (χ0) is 10.5. The van der Waals surface area contributed by atoms with Gasteiger partial charge in [-0.05, 0) is 36.8 Å². The molecule has 0 spiro atoms. The van der Waals surface area contributed by atoms with Crippen molar-refractivity contribution in [3.05, 3.63) is 21.9 Å². The molecule has 15 heavy (non-hydrogen) atoms. The normalized spacial score (nSPS) is 16.2. The number of thiophene rings is 1. The van der Waals surface area contributed by atoms with Gasteiger partial charge in [-0.25, -0.2) is 0 Å². The maximum Gasteiger partial charge on any atom is 0.142 e. The number of hydrogen-bond donors (Lipinski definition) is 0. The Morgan fingerprint density at radius 3 is 2.67 bits per heavy atom. The Labute approximate surface area is 93.5 Å². The van der Waals surface area contributed by atoms with E-state index in [1.807, 2.05) is 12.1 Å². The summed E-state index contributed by atoms with van der Waals surface area (Å²) >= 11 is 1.58. The molecule has 1 nitrogen and oxygen atoms in total. The molecule has 0 amide bonds. The van der Waals surface area contributed by atoms with E-state index in [1.165, 1.54) is 0 Å². The predicted octanol–water partition coefficient (Wildman–Crippen LogP) is 1.87. The third-order valence-corrected chi connectivity index (χ3v) is 2.59. The van der Waals surface area contributed by atoms with Crippen LogP contribution in [-0.4, -0.2) is 12.7 Å². The minimum Gasteiger partial charge on any atom is -0.359 e. The zero-order valence-corrected chi connectivity index (χ0v) is 9.07. The number of hydrogen-bond acceptors (Lipinski definition) is 2. The lowest BCUT2D eigenvalue weighted by atomic mass is 10.4. The average molecular weight is 212 g/mol. The highest BCUT2D eigenvalue weighted by atomic mass is 32.1. The number of epoxide rings is 1. The second-order valence-electron chi connectivity index (χ2n) is 2.88. The molecule has 2 rings (SSSR count). The van der Waals surface area contributed by atoms with Crippen molar-refractivity contribution in [1.82, 2.24) is 0 Å². The molecule has 2 heteroatoms. The maximum absolute atomic E-state index is 5.00.